The van der Waals surface area contributed by atoms with E-state index in [4.69, 9.17) is 0 Å². The zero-order valence-corrected chi connectivity index (χ0v) is 20.0. The summed E-state index contributed by atoms with van der Waals surface area (Å²) in [5.74, 6) is 0.676. The van der Waals surface area contributed by atoms with Crippen molar-refractivity contribution in [1.82, 2.24) is 15.3 Å². The van der Waals surface area contributed by atoms with Gasteiger partial charge in [-0.1, -0.05) is 30.4 Å². The highest BCUT2D eigenvalue weighted by atomic mass is 32.2. The van der Waals surface area contributed by atoms with Crippen LogP contribution in [-0.2, 0) is 9.59 Å². The molecule has 1 aliphatic rings. The average molecular weight is 489 g/mol. The van der Waals surface area contributed by atoms with Crippen LogP contribution in [0.5, 0.6) is 0 Å². The number of aromatic nitrogens is 2. The van der Waals surface area contributed by atoms with E-state index in [0.29, 0.717) is 11.5 Å². The predicted octanol–water partition coefficient (Wildman–Crippen LogP) is 4.83. The second kappa shape index (κ2) is 12.2. The summed E-state index contributed by atoms with van der Waals surface area (Å²) in [4.78, 5) is 34.5. The second-order valence-electron chi connectivity index (χ2n) is 7.50. The monoisotopic (exact) mass is 488 g/mol. The van der Waals surface area contributed by atoms with Crippen LogP contribution in [0.4, 0.5) is 5.69 Å². The smallest absolute Gasteiger partial charge is 0.234 e. The van der Waals surface area contributed by atoms with Crippen molar-refractivity contribution in [3.63, 3.8) is 0 Å². The van der Waals surface area contributed by atoms with E-state index < -0.39 is 0 Å². The molecule has 0 spiro atoms. The Morgan fingerprint density at radius 3 is 1.97 bits per heavy atom. The summed E-state index contributed by atoms with van der Waals surface area (Å²) in [6.07, 6.45) is 13.8. The molecule has 172 valence electrons. The first-order valence-corrected chi connectivity index (χ1v) is 12.8. The summed E-state index contributed by atoms with van der Waals surface area (Å²) in [5.41, 5.74) is 2.93. The van der Waals surface area contributed by atoms with Crippen LogP contribution < -0.4 is 10.6 Å². The molecule has 2 N–H and O–H groups in total. The fourth-order valence-electron chi connectivity index (χ4n) is 3.30. The lowest BCUT2D eigenvalue weighted by Crippen LogP contribution is -2.35. The first-order valence-electron chi connectivity index (χ1n) is 10.8. The Hall–Kier alpha value is -3.36. The van der Waals surface area contributed by atoms with Crippen molar-refractivity contribution < 1.29 is 9.59 Å². The molecule has 8 heteroatoms. The molecule has 4 rings (SSSR count). The van der Waals surface area contributed by atoms with Crippen LogP contribution in [0, 0.1) is 0 Å². The van der Waals surface area contributed by atoms with Gasteiger partial charge >= 0.3 is 0 Å². The number of thioether (sulfide) groups is 2. The Balaban J connectivity index is 1.21. The van der Waals surface area contributed by atoms with Gasteiger partial charge in [0.2, 0.25) is 11.8 Å². The molecule has 0 saturated heterocycles. The number of rotatable bonds is 9. The van der Waals surface area contributed by atoms with Gasteiger partial charge in [-0.05, 0) is 54.0 Å². The van der Waals surface area contributed by atoms with Crippen LogP contribution in [0.1, 0.15) is 12.0 Å². The zero-order chi connectivity index (χ0) is 23.6. The summed E-state index contributed by atoms with van der Waals surface area (Å²) in [5, 5.41) is 5.98. The van der Waals surface area contributed by atoms with Crippen LogP contribution in [0.25, 0.3) is 5.57 Å². The number of carbonyl (C=O) groups excluding carboxylic acids is 2. The van der Waals surface area contributed by atoms with Gasteiger partial charge in [-0.25, -0.2) is 0 Å². The molecule has 1 aromatic carbocycles. The third-order valence-corrected chi connectivity index (χ3v) is 7.01. The quantitative estimate of drug-likeness (QED) is 0.420. The maximum absolute atomic E-state index is 12.2. The number of nitrogens with zero attached hydrogens (tertiary/aromatic N) is 2. The van der Waals surface area contributed by atoms with E-state index in [1.165, 1.54) is 23.5 Å². The molecule has 1 unspecified atom stereocenters. The number of allylic oxidation sites excluding steroid dienone is 2. The van der Waals surface area contributed by atoms with Crippen LogP contribution in [-0.4, -0.2) is 39.3 Å². The van der Waals surface area contributed by atoms with Crippen LogP contribution in [0.15, 0.2) is 101 Å². The maximum Gasteiger partial charge on any atom is 0.234 e. The van der Waals surface area contributed by atoms with E-state index in [0.717, 1.165) is 33.0 Å². The number of anilines is 1. The largest absolute Gasteiger partial charge is 0.349 e. The summed E-state index contributed by atoms with van der Waals surface area (Å²) in [7, 11) is 0. The fraction of sp³-hybridized carbons (Fsp3) is 0.154. The summed E-state index contributed by atoms with van der Waals surface area (Å²) >= 11 is 2.97. The van der Waals surface area contributed by atoms with Gasteiger partial charge in [0, 0.05) is 40.3 Å². The average Bonchev–Trinajstić information content (AvgIpc) is 2.88. The Labute approximate surface area is 207 Å². The minimum absolute atomic E-state index is 0.00857. The third kappa shape index (κ3) is 7.33. The van der Waals surface area contributed by atoms with Crippen molar-refractivity contribution in [3.05, 3.63) is 97.1 Å². The predicted molar refractivity (Wildman–Crippen MR) is 139 cm³/mol. The summed E-state index contributed by atoms with van der Waals surface area (Å²) in [6, 6.07) is 15.3. The summed E-state index contributed by atoms with van der Waals surface area (Å²) < 4.78 is 0. The van der Waals surface area contributed by atoms with Gasteiger partial charge in [0.25, 0.3) is 0 Å². The molecular formula is C26H24N4O2S2. The molecule has 0 aliphatic heterocycles. The van der Waals surface area contributed by atoms with E-state index in [1.807, 2.05) is 60.7 Å². The fourth-order valence-corrected chi connectivity index (χ4v) is 4.68. The first kappa shape index (κ1) is 23.8. The number of nitrogens with one attached hydrogen (secondary N) is 2. The molecule has 34 heavy (non-hydrogen) atoms. The number of amides is 2. The van der Waals surface area contributed by atoms with Crippen molar-refractivity contribution in [2.24, 2.45) is 0 Å². The van der Waals surface area contributed by atoms with Crippen molar-refractivity contribution in [3.8, 4) is 0 Å². The van der Waals surface area contributed by atoms with Gasteiger partial charge < -0.3 is 10.6 Å². The lowest BCUT2D eigenvalue weighted by atomic mass is 9.97. The van der Waals surface area contributed by atoms with E-state index in [-0.39, 0.29) is 17.9 Å². The zero-order valence-electron chi connectivity index (χ0n) is 18.4. The molecule has 3 aromatic rings. The lowest BCUT2D eigenvalue weighted by molar-refractivity contribution is -0.119. The van der Waals surface area contributed by atoms with Gasteiger partial charge in [-0.3, -0.25) is 19.6 Å². The van der Waals surface area contributed by atoms with Gasteiger partial charge in [0.15, 0.2) is 0 Å². The SMILES string of the molecule is O=C(CSc1ccncc1)Nc1ccc(C2=CCC(NC(=O)CSc3ccncc3)C=C2)cc1. The molecule has 2 heterocycles. The number of pyridine rings is 2. The van der Waals surface area contributed by atoms with E-state index in [2.05, 4.69) is 26.7 Å². The Morgan fingerprint density at radius 2 is 1.41 bits per heavy atom. The summed E-state index contributed by atoms with van der Waals surface area (Å²) in [6.45, 7) is 0. The first-order chi connectivity index (χ1) is 16.7. The highest BCUT2D eigenvalue weighted by Gasteiger charge is 2.13. The Bertz CT molecular complexity index is 1170. The van der Waals surface area contributed by atoms with Gasteiger partial charge in [-0.2, -0.15) is 0 Å². The molecule has 0 saturated carbocycles. The van der Waals surface area contributed by atoms with E-state index in [1.54, 1.807) is 24.8 Å². The van der Waals surface area contributed by atoms with E-state index in [9.17, 15) is 9.59 Å². The van der Waals surface area contributed by atoms with Crippen molar-refractivity contribution in [1.29, 1.82) is 0 Å². The number of carbonyl (C=O) groups is 2. The topological polar surface area (TPSA) is 84.0 Å². The Kier molecular flexibility index (Phi) is 8.54. The third-order valence-electron chi connectivity index (χ3n) is 4.99. The maximum atomic E-state index is 12.2. The molecular weight excluding hydrogens is 464 g/mol. The minimum Gasteiger partial charge on any atom is -0.349 e. The lowest BCUT2D eigenvalue weighted by Gasteiger charge is -2.18. The standard InChI is InChI=1S/C26H24N4O2S2/c31-25(17-33-23-9-13-27-14-10-23)29-21-5-1-19(2-6-21)20-3-7-22(8-4-20)30-26(32)18-34-24-11-15-28-16-12-24/h1-7,9-16,22H,8,17-18H2,(H,29,31)(H,30,32). The van der Waals surface area contributed by atoms with Crippen LogP contribution >= 0.6 is 23.5 Å². The van der Waals surface area contributed by atoms with Crippen molar-refractivity contribution in [2.45, 2.75) is 22.3 Å². The highest BCUT2D eigenvalue weighted by Crippen LogP contribution is 2.24. The normalized spacial score (nSPS) is 14.8. The molecule has 1 aliphatic carbocycles. The molecule has 0 fully saturated rings. The van der Waals surface area contributed by atoms with Gasteiger partial charge in [0.05, 0.1) is 17.5 Å². The molecule has 6 nitrogen and oxygen atoms in total. The number of hydrogen-bond acceptors (Lipinski definition) is 6. The van der Waals surface area contributed by atoms with E-state index >= 15 is 0 Å². The van der Waals surface area contributed by atoms with Crippen LogP contribution in [0.2, 0.25) is 0 Å². The second-order valence-corrected chi connectivity index (χ2v) is 9.59. The highest BCUT2D eigenvalue weighted by molar-refractivity contribution is 8.00. The molecule has 1 atom stereocenters. The molecule has 2 aromatic heterocycles. The van der Waals surface area contributed by atoms with Crippen molar-refractivity contribution >= 4 is 46.6 Å². The van der Waals surface area contributed by atoms with Gasteiger partial charge in [0.1, 0.15) is 0 Å². The molecule has 0 radical (unpaired) electrons. The minimum atomic E-state index is -0.0491. The molecule has 0 bridgehead atoms. The number of benzene rings is 1. The molecule has 2 amide bonds. The van der Waals surface area contributed by atoms with Gasteiger partial charge in [-0.15, -0.1) is 23.5 Å². The number of hydrogen-bond donors (Lipinski definition) is 2. The van der Waals surface area contributed by atoms with Crippen molar-refractivity contribution in [2.75, 3.05) is 16.8 Å². The Morgan fingerprint density at radius 1 is 0.824 bits per heavy atom. The van der Waals surface area contributed by atoms with Crippen LogP contribution in [0.3, 0.4) is 0 Å².